The zero-order valence-electron chi connectivity index (χ0n) is 22.3. The summed E-state index contributed by atoms with van der Waals surface area (Å²) in [6, 6.07) is 6.83. The molecule has 2 aromatic heterocycles. The van der Waals surface area contributed by atoms with E-state index >= 15 is 0 Å². The molecule has 0 saturated heterocycles. The first kappa shape index (κ1) is 28.1. The molecule has 4 rings (SSSR count). The van der Waals surface area contributed by atoms with E-state index in [2.05, 4.69) is 20.2 Å². The molecule has 2 heterocycles. The van der Waals surface area contributed by atoms with Gasteiger partial charge in [0.05, 0.1) is 14.8 Å². The van der Waals surface area contributed by atoms with Gasteiger partial charge in [-0.3, -0.25) is 0 Å². The molecule has 3 aromatic rings. The van der Waals surface area contributed by atoms with Crippen molar-refractivity contribution in [3.63, 3.8) is 0 Å². The van der Waals surface area contributed by atoms with Crippen molar-refractivity contribution in [3.05, 3.63) is 41.7 Å². The first-order valence-electron chi connectivity index (χ1n) is 12.6. The molecule has 0 aliphatic heterocycles. The smallest absolute Gasteiger partial charge is 0.405 e. The minimum Gasteiger partial charge on any atom is -0.443 e. The number of nitrogens with one attached hydrogen (secondary N) is 2. The Morgan fingerprint density at radius 3 is 2.53 bits per heavy atom. The number of benzene rings is 1. The van der Waals surface area contributed by atoms with Crippen molar-refractivity contribution in [1.29, 1.82) is 0 Å². The summed E-state index contributed by atoms with van der Waals surface area (Å²) < 4.78 is 40.2. The number of aromatic nitrogens is 2. The Morgan fingerprint density at radius 1 is 1.24 bits per heavy atom. The highest BCUT2D eigenvalue weighted by Gasteiger charge is 2.42. The number of carbonyl (C=O) groups excluding carboxylic acids is 1. The van der Waals surface area contributed by atoms with Gasteiger partial charge in [0, 0.05) is 35.0 Å². The fraction of sp³-hybridized carbons (Fsp3) is 0.500. The van der Waals surface area contributed by atoms with E-state index in [1.54, 1.807) is 51.2 Å². The third kappa shape index (κ3) is 6.36. The Balaban J connectivity index is 1.63. The van der Waals surface area contributed by atoms with Crippen LogP contribution in [0.4, 0.5) is 16.3 Å². The van der Waals surface area contributed by atoms with Crippen LogP contribution in [0.25, 0.3) is 10.4 Å². The first-order valence-corrected chi connectivity index (χ1v) is 14.9. The zero-order chi connectivity index (χ0) is 27.7. The summed E-state index contributed by atoms with van der Waals surface area (Å²) in [6.45, 7) is 9.48. The van der Waals surface area contributed by atoms with Crippen LogP contribution in [0, 0.1) is 5.92 Å². The Morgan fingerprint density at radius 2 is 1.95 bits per heavy atom. The summed E-state index contributed by atoms with van der Waals surface area (Å²) in [5.41, 5.74) is 5.27. The lowest BCUT2D eigenvalue weighted by molar-refractivity contribution is -0.0501. The van der Waals surface area contributed by atoms with Gasteiger partial charge in [-0.2, -0.15) is 0 Å². The summed E-state index contributed by atoms with van der Waals surface area (Å²) in [4.78, 5) is 17.1. The Labute approximate surface area is 227 Å². The van der Waals surface area contributed by atoms with Crippen molar-refractivity contribution in [3.8, 4) is 10.4 Å². The third-order valence-electron chi connectivity index (χ3n) is 6.75. The van der Waals surface area contributed by atoms with Crippen LogP contribution in [0.1, 0.15) is 71.2 Å². The average Bonchev–Trinajstić information content (AvgIpc) is 3.50. The molecule has 1 aromatic carbocycles. The van der Waals surface area contributed by atoms with Gasteiger partial charge < -0.3 is 20.3 Å². The fourth-order valence-corrected chi connectivity index (χ4v) is 7.72. The molecule has 1 aliphatic rings. The van der Waals surface area contributed by atoms with Gasteiger partial charge in [-0.1, -0.05) is 25.1 Å². The monoisotopic (exact) mass is 561 g/mol. The summed E-state index contributed by atoms with van der Waals surface area (Å²) in [7, 11) is -3.87. The number of sulfonamides is 1. The van der Waals surface area contributed by atoms with Crippen LogP contribution in [0.5, 0.6) is 0 Å². The van der Waals surface area contributed by atoms with Gasteiger partial charge in [-0.15, -0.1) is 11.3 Å². The molecule has 0 bridgehead atoms. The number of ether oxygens (including phenoxy) is 1. The van der Waals surface area contributed by atoms with E-state index < -0.39 is 27.3 Å². The van der Waals surface area contributed by atoms with E-state index in [4.69, 9.17) is 15.0 Å². The predicted molar refractivity (Wildman–Crippen MR) is 147 cm³/mol. The topological polar surface area (TPSA) is 149 Å². The van der Waals surface area contributed by atoms with E-state index in [0.717, 1.165) is 22.7 Å². The summed E-state index contributed by atoms with van der Waals surface area (Å²) in [5, 5.41) is 7.85. The highest BCUT2D eigenvalue weighted by Crippen LogP contribution is 2.46. The average molecular weight is 562 g/mol. The van der Waals surface area contributed by atoms with Crippen LogP contribution in [0.15, 0.2) is 46.1 Å². The lowest BCUT2D eigenvalue weighted by Gasteiger charge is -2.41. The predicted octanol–water partition coefficient (Wildman–Crippen LogP) is 5.77. The Hall–Kier alpha value is -2.96. The molecule has 1 fully saturated rings. The molecule has 0 unspecified atom stereocenters. The highest BCUT2D eigenvalue weighted by atomic mass is 32.2. The van der Waals surface area contributed by atoms with Crippen LogP contribution in [-0.2, 0) is 14.8 Å². The van der Waals surface area contributed by atoms with E-state index in [-0.39, 0.29) is 16.7 Å². The molecular formula is C26H35N5O5S2. The second-order valence-corrected chi connectivity index (χ2v) is 13.8. The van der Waals surface area contributed by atoms with Gasteiger partial charge in [0.1, 0.15) is 11.9 Å². The largest absolute Gasteiger partial charge is 0.443 e. The maximum atomic E-state index is 13.5. The molecule has 1 aliphatic carbocycles. The molecule has 1 amide bonds. The van der Waals surface area contributed by atoms with Crippen LogP contribution in [0.3, 0.4) is 0 Å². The standard InChI is InChI=1S/C26H35N5O5S2/c1-16(2)26(36-24(27)32)11-8-17(9-12-26)23-28-15-20(37-23)19-7-6-18(29-22-10-13-35-30-22)14-21(19)38(33,34)31-25(3,4)5/h6-7,10,13-17,31H,8-9,11-12H2,1-5H3,(H2,27,32)(H,29,30). The van der Waals surface area contributed by atoms with E-state index in [0.29, 0.717) is 29.9 Å². The van der Waals surface area contributed by atoms with Crippen molar-refractivity contribution < 1.29 is 22.5 Å². The number of hydrogen-bond donors (Lipinski definition) is 3. The van der Waals surface area contributed by atoms with Gasteiger partial charge >= 0.3 is 6.09 Å². The second-order valence-electron chi connectivity index (χ2n) is 11.1. The van der Waals surface area contributed by atoms with E-state index in [1.165, 1.54) is 17.6 Å². The number of nitrogens with zero attached hydrogens (tertiary/aromatic N) is 2. The zero-order valence-corrected chi connectivity index (χ0v) is 23.9. The second kappa shape index (κ2) is 10.7. The van der Waals surface area contributed by atoms with Crippen LogP contribution in [0.2, 0.25) is 0 Å². The quantitative estimate of drug-likeness (QED) is 0.314. The fourth-order valence-electron chi connectivity index (χ4n) is 4.86. The number of nitrogens with two attached hydrogens (primary N) is 1. The Bertz CT molecular complexity index is 1370. The van der Waals surface area contributed by atoms with Gasteiger partial charge in [-0.25, -0.2) is 22.9 Å². The summed E-state index contributed by atoms with van der Waals surface area (Å²) in [5.74, 6) is 0.813. The third-order valence-corrected chi connectivity index (χ3v) is 9.74. The highest BCUT2D eigenvalue weighted by molar-refractivity contribution is 7.89. The van der Waals surface area contributed by atoms with Crippen molar-refractivity contribution in [1.82, 2.24) is 14.9 Å². The molecular weight excluding hydrogens is 526 g/mol. The van der Waals surface area contributed by atoms with Crippen molar-refractivity contribution in [2.75, 3.05) is 5.32 Å². The molecule has 38 heavy (non-hydrogen) atoms. The molecule has 10 nitrogen and oxygen atoms in total. The van der Waals surface area contributed by atoms with E-state index in [1.807, 2.05) is 13.8 Å². The number of carbonyl (C=O) groups is 1. The molecule has 0 atom stereocenters. The summed E-state index contributed by atoms with van der Waals surface area (Å²) >= 11 is 1.49. The van der Waals surface area contributed by atoms with Gasteiger partial charge in [0.25, 0.3) is 0 Å². The lowest BCUT2D eigenvalue weighted by atomic mass is 9.73. The van der Waals surface area contributed by atoms with Crippen LogP contribution < -0.4 is 15.8 Å². The molecule has 4 N–H and O–H groups in total. The van der Waals surface area contributed by atoms with Crippen LogP contribution >= 0.6 is 11.3 Å². The normalized spacial score (nSPS) is 20.4. The van der Waals surface area contributed by atoms with E-state index in [9.17, 15) is 13.2 Å². The SMILES string of the molecule is CC(C)C1(OC(N)=O)CCC(c2ncc(-c3ccc(Nc4ccon4)cc3S(=O)(=O)NC(C)(C)C)s2)CC1. The minimum absolute atomic E-state index is 0.147. The lowest BCUT2D eigenvalue weighted by Crippen LogP contribution is -2.44. The van der Waals surface area contributed by atoms with Gasteiger partial charge in [0.2, 0.25) is 10.0 Å². The minimum atomic E-state index is -3.87. The number of primary amides is 1. The maximum Gasteiger partial charge on any atom is 0.405 e. The first-order chi connectivity index (χ1) is 17.8. The van der Waals surface area contributed by atoms with Crippen molar-refractivity contribution in [2.24, 2.45) is 11.7 Å². The molecule has 1 saturated carbocycles. The van der Waals surface area contributed by atoms with Gasteiger partial charge in [0.15, 0.2) is 5.82 Å². The van der Waals surface area contributed by atoms with Gasteiger partial charge in [-0.05, 0) is 64.5 Å². The number of rotatable bonds is 8. The molecule has 0 spiro atoms. The van der Waals surface area contributed by atoms with Crippen molar-refractivity contribution >= 4 is 39.0 Å². The molecule has 12 heteroatoms. The number of hydrogen-bond acceptors (Lipinski definition) is 9. The number of amides is 1. The molecule has 206 valence electrons. The summed E-state index contributed by atoms with van der Waals surface area (Å²) in [6.07, 6.45) is 5.43. The maximum absolute atomic E-state index is 13.5. The number of anilines is 2. The molecule has 0 radical (unpaired) electrons. The van der Waals surface area contributed by atoms with Crippen LogP contribution in [-0.4, -0.2) is 35.8 Å². The Kier molecular flexibility index (Phi) is 7.87. The van der Waals surface area contributed by atoms with Crippen molar-refractivity contribution in [2.45, 2.75) is 82.3 Å². The number of thiazole rings is 1.